The highest BCUT2D eigenvalue weighted by molar-refractivity contribution is 4.64. The predicted octanol–water partition coefficient (Wildman–Crippen LogP) is 0.213. The zero-order valence-electron chi connectivity index (χ0n) is 10.8. The van der Waals surface area contributed by atoms with E-state index in [4.69, 9.17) is 0 Å². The highest BCUT2D eigenvalue weighted by atomic mass is 16.3. The molecule has 1 aliphatic rings. The van der Waals surface area contributed by atoms with E-state index in [0.717, 1.165) is 25.6 Å². The van der Waals surface area contributed by atoms with E-state index in [1.807, 2.05) is 13.8 Å². The Labute approximate surface area is 99.5 Å². The Morgan fingerprint density at radius 2 is 1.50 bits per heavy atom. The Morgan fingerprint density at radius 3 is 1.94 bits per heavy atom. The van der Waals surface area contributed by atoms with Gasteiger partial charge in [-0.1, -0.05) is 19.3 Å². The second kappa shape index (κ2) is 7.25. The molecule has 0 aliphatic heterocycles. The van der Waals surface area contributed by atoms with Crippen LogP contribution in [0.5, 0.6) is 0 Å². The lowest BCUT2D eigenvalue weighted by atomic mass is 9.89. The zero-order valence-corrected chi connectivity index (χ0v) is 10.8. The number of quaternary nitrogens is 1. The third kappa shape index (κ3) is 5.83. The summed E-state index contributed by atoms with van der Waals surface area (Å²) in [5.74, 6) is 0.807. The summed E-state index contributed by atoms with van der Waals surface area (Å²) in [6.07, 6.45) is 6.25. The van der Waals surface area contributed by atoms with Gasteiger partial charge in [0.05, 0.1) is 6.54 Å². The summed E-state index contributed by atoms with van der Waals surface area (Å²) in [5.41, 5.74) is 0. The molecule has 0 aromatic carbocycles. The summed E-state index contributed by atoms with van der Waals surface area (Å²) in [7, 11) is 0. The second-order valence-corrected chi connectivity index (χ2v) is 5.56. The van der Waals surface area contributed by atoms with Gasteiger partial charge in [0, 0.05) is 5.92 Å². The van der Waals surface area contributed by atoms with E-state index in [1.54, 1.807) is 0 Å². The molecule has 96 valence electrons. The van der Waals surface area contributed by atoms with E-state index in [-0.39, 0.29) is 12.2 Å². The molecule has 0 amide bonds. The Balaban J connectivity index is 2.35. The smallest absolute Gasteiger partial charge is 0.103 e. The molecule has 0 aromatic heterocycles. The summed E-state index contributed by atoms with van der Waals surface area (Å²) in [6, 6.07) is 0. The first-order chi connectivity index (χ1) is 7.58. The Morgan fingerprint density at radius 1 is 1.00 bits per heavy atom. The molecule has 1 aliphatic carbocycles. The molecule has 3 N–H and O–H groups in total. The van der Waals surface area contributed by atoms with E-state index in [2.05, 4.69) is 0 Å². The Bertz CT molecular complexity index is 167. The van der Waals surface area contributed by atoms with E-state index in [1.165, 1.54) is 37.0 Å². The average Bonchev–Trinajstić information content (AvgIpc) is 2.16. The van der Waals surface area contributed by atoms with Crippen molar-refractivity contribution in [3.63, 3.8) is 0 Å². The highest BCUT2D eigenvalue weighted by Gasteiger charge is 2.21. The predicted molar refractivity (Wildman–Crippen MR) is 65.5 cm³/mol. The summed E-state index contributed by atoms with van der Waals surface area (Å²) >= 11 is 0. The topological polar surface area (TPSA) is 44.9 Å². The maximum atomic E-state index is 9.46. The molecule has 0 spiro atoms. The highest BCUT2D eigenvalue weighted by Crippen LogP contribution is 2.22. The molecule has 3 heteroatoms. The first-order valence-electron chi connectivity index (χ1n) is 6.77. The molecule has 1 rings (SSSR count). The van der Waals surface area contributed by atoms with Crippen molar-refractivity contribution in [3.8, 4) is 0 Å². The number of hydrogen-bond acceptors (Lipinski definition) is 2. The van der Waals surface area contributed by atoms with Crippen LogP contribution >= 0.6 is 0 Å². The minimum Gasteiger partial charge on any atom is -0.388 e. The van der Waals surface area contributed by atoms with Crippen molar-refractivity contribution < 1.29 is 15.1 Å². The van der Waals surface area contributed by atoms with Gasteiger partial charge in [-0.15, -0.1) is 0 Å². The van der Waals surface area contributed by atoms with E-state index < -0.39 is 0 Å². The maximum Gasteiger partial charge on any atom is 0.103 e. The number of rotatable bonds is 6. The van der Waals surface area contributed by atoms with Gasteiger partial charge in [0.1, 0.15) is 25.3 Å². The van der Waals surface area contributed by atoms with Crippen LogP contribution in [0, 0.1) is 5.92 Å². The van der Waals surface area contributed by atoms with Crippen molar-refractivity contribution in [3.05, 3.63) is 0 Å². The van der Waals surface area contributed by atoms with Gasteiger partial charge >= 0.3 is 0 Å². The Hall–Kier alpha value is -0.120. The summed E-state index contributed by atoms with van der Waals surface area (Å²) in [4.78, 5) is 1.36. The normalized spacial score (nSPS) is 24.0. The van der Waals surface area contributed by atoms with Gasteiger partial charge in [0.2, 0.25) is 0 Å². The molecular weight excluding hydrogens is 202 g/mol. The van der Waals surface area contributed by atoms with Gasteiger partial charge in [-0.25, -0.2) is 0 Å². The molecule has 0 saturated heterocycles. The van der Waals surface area contributed by atoms with Crippen LogP contribution in [0.15, 0.2) is 0 Å². The fourth-order valence-corrected chi connectivity index (χ4v) is 2.89. The summed E-state index contributed by atoms with van der Waals surface area (Å²) in [6.45, 7) is 6.32. The largest absolute Gasteiger partial charge is 0.388 e. The number of hydrogen-bond donors (Lipinski definition) is 3. The van der Waals surface area contributed by atoms with Gasteiger partial charge < -0.3 is 15.1 Å². The van der Waals surface area contributed by atoms with E-state index in [9.17, 15) is 10.2 Å². The van der Waals surface area contributed by atoms with E-state index in [0.29, 0.717) is 0 Å². The lowest BCUT2D eigenvalue weighted by Gasteiger charge is -2.28. The molecule has 3 atom stereocenters. The van der Waals surface area contributed by atoms with Crippen molar-refractivity contribution in [2.75, 3.05) is 19.6 Å². The fraction of sp³-hybridized carbons (Fsp3) is 1.00. The monoisotopic (exact) mass is 230 g/mol. The van der Waals surface area contributed by atoms with Crippen LogP contribution in [0.2, 0.25) is 0 Å². The van der Waals surface area contributed by atoms with Crippen LogP contribution in [-0.4, -0.2) is 42.1 Å². The van der Waals surface area contributed by atoms with Crippen LogP contribution in [0.4, 0.5) is 0 Å². The maximum absolute atomic E-state index is 9.46. The van der Waals surface area contributed by atoms with Crippen LogP contribution in [0.25, 0.3) is 0 Å². The minimum absolute atomic E-state index is 0.266. The lowest BCUT2D eigenvalue weighted by Crippen LogP contribution is -3.14. The standard InChI is InChI=1S/C13H27NO2/c1-11(15)8-14(9-12(2)16)10-13-6-4-3-5-7-13/h11-13,15-16H,3-10H2,1-2H3/p+1/t11-,12+. The van der Waals surface area contributed by atoms with Crippen molar-refractivity contribution in [2.45, 2.75) is 58.2 Å². The first-order valence-corrected chi connectivity index (χ1v) is 6.77. The van der Waals surface area contributed by atoms with Gasteiger partial charge in [0.25, 0.3) is 0 Å². The van der Waals surface area contributed by atoms with Crippen LogP contribution in [0.3, 0.4) is 0 Å². The molecule has 3 nitrogen and oxygen atoms in total. The molecule has 0 heterocycles. The number of aliphatic hydroxyl groups excluding tert-OH is 2. The van der Waals surface area contributed by atoms with Crippen LogP contribution in [0.1, 0.15) is 46.0 Å². The third-order valence-corrected chi connectivity index (χ3v) is 3.47. The fourth-order valence-electron chi connectivity index (χ4n) is 2.89. The minimum atomic E-state index is -0.266. The summed E-state index contributed by atoms with van der Waals surface area (Å²) < 4.78 is 0. The number of nitrogens with one attached hydrogen (secondary N) is 1. The van der Waals surface area contributed by atoms with Crippen LogP contribution in [-0.2, 0) is 0 Å². The van der Waals surface area contributed by atoms with Gasteiger partial charge in [-0.2, -0.15) is 0 Å². The molecule has 1 unspecified atom stereocenters. The van der Waals surface area contributed by atoms with Crippen molar-refractivity contribution in [1.82, 2.24) is 0 Å². The van der Waals surface area contributed by atoms with Crippen molar-refractivity contribution in [1.29, 1.82) is 0 Å². The molecular formula is C13H28NO2+. The van der Waals surface area contributed by atoms with Gasteiger partial charge in [0.15, 0.2) is 0 Å². The van der Waals surface area contributed by atoms with Gasteiger partial charge in [-0.3, -0.25) is 0 Å². The molecule has 1 saturated carbocycles. The zero-order chi connectivity index (χ0) is 12.0. The Kier molecular flexibility index (Phi) is 6.32. The average molecular weight is 230 g/mol. The lowest BCUT2D eigenvalue weighted by molar-refractivity contribution is -0.909. The number of aliphatic hydroxyl groups is 2. The quantitative estimate of drug-likeness (QED) is 0.611. The summed E-state index contributed by atoms with van der Waals surface area (Å²) in [5, 5.41) is 18.9. The van der Waals surface area contributed by atoms with Crippen molar-refractivity contribution in [2.24, 2.45) is 5.92 Å². The SMILES string of the molecule is C[C@H](O)C[NH+](CC1CCCCC1)C[C@@H](C)O. The second-order valence-electron chi connectivity index (χ2n) is 5.56. The third-order valence-electron chi connectivity index (χ3n) is 3.47. The molecule has 0 bridgehead atoms. The molecule has 0 radical (unpaired) electrons. The van der Waals surface area contributed by atoms with E-state index >= 15 is 0 Å². The van der Waals surface area contributed by atoms with Crippen molar-refractivity contribution >= 4 is 0 Å². The molecule has 0 aromatic rings. The van der Waals surface area contributed by atoms with Crippen LogP contribution < -0.4 is 4.90 Å². The first kappa shape index (κ1) is 13.9. The van der Waals surface area contributed by atoms with Gasteiger partial charge in [-0.05, 0) is 26.7 Å². The molecule has 1 fully saturated rings. The molecule has 16 heavy (non-hydrogen) atoms.